The van der Waals surface area contributed by atoms with Gasteiger partial charge in [0.15, 0.2) is 0 Å². The van der Waals surface area contributed by atoms with E-state index in [2.05, 4.69) is 10.6 Å². The number of nitrogens with two attached hydrogens (primary N) is 1. The molecule has 2 aromatic carbocycles. The Morgan fingerprint density at radius 2 is 1.70 bits per heavy atom. The summed E-state index contributed by atoms with van der Waals surface area (Å²) in [5.74, 6) is -1.88. The number of aromatic hydroxyl groups is 1. The summed E-state index contributed by atoms with van der Waals surface area (Å²) < 4.78 is 5.35. The van der Waals surface area contributed by atoms with E-state index in [1.807, 2.05) is 37.3 Å². The lowest BCUT2D eigenvalue weighted by Gasteiger charge is -2.38. The Morgan fingerprint density at radius 3 is 2.27 bits per heavy atom. The summed E-state index contributed by atoms with van der Waals surface area (Å²) in [5, 5.41) is 16.5. The minimum Gasteiger partial charge on any atom is -0.507 e. The van der Waals surface area contributed by atoms with Gasteiger partial charge in [-0.25, -0.2) is 4.79 Å². The highest BCUT2D eigenvalue weighted by molar-refractivity contribution is 5.93. The lowest BCUT2D eigenvalue weighted by molar-refractivity contribution is -0.145. The van der Waals surface area contributed by atoms with Crippen LogP contribution in [-0.2, 0) is 25.7 Å². The van der Waals surface area contributed by atoms with Crippen molar-refractivity contribution in [2.45, 2.75) is 91.1 Å². The van der Waals surface area contributed by atoms with Gasteiger partial charge in [0.2, 0.25) is 17.7 Å². The molecule has 0 saturated carbocycles. The van der Waals surface area contributed by atoms with Crippen LogP contribution in [0.4, 0.5) is 4.79 Å². The molecule has 0 aliphatic carbocycles. The zero-order valence-corrected chi connectivity index (χ0v) is 24.2. The fourth-order valence-electron chi connectivity index (χ4n) is 4.17. The molecule has 218 valence electrons. The number of nitrogens with one attached hydrogen (secondary N) is 2. The standard InChI is InChI=1S/C30H42N4O6/c1-7-20(3)34(28(38)23(16-17-24(31)35)33-29(39)40-30(4,5)6)25(22-15-11-12-19(2)26(22)36)27(37)32-18-21-13-9-8-10-14-21/h8-15,20,23,25,36H,7,16-18H2,1-6H3,(H2,31,35)(H,32,37)(H,33,39). The van der Waals surface area contributed by atoms with Gasteiger partial charge in [0.1, 0.15) is 23.4 Å². The van der Waals surface area contributed by atoms with Crippen LogP contribution in [0, 0.1) is 6.92 Å². The van der Waals surface area contributed by atoms with Crippen LogP contribution in [0.25, 0.3) is 0 Å². The number of benzene rings is 2. The van der Waals surface area contributed by atoms with Gasteiger partial charge in [0.05, 0.1) is 0 Å². The second kappa shape index (κ2) is 14.3. The number of para-hydroxylation sites is 1. The predicted molar refractivity (Wildman–Crippen MR) is 152 cm³/mol. The SMILES string of the molecule is CCC(C)N(C(=O)C(CCC(N)=O)NC(=O)OC(C)(C)C)C(C(=O)NCc1ccccc1)c1cccc(C)c1O. The zero-order chi connectivity index (χ0) is 30.0. The molecule has 0 aliphatic rings. The third kappa shape index (κ3) is 9.29. The van der Waals surface area contributed by atoms with Crippen molar-refractivity contribution >= 4 is 23.8 Å². The van der Waals surface area contributed by atoms with Crippen LogP contribution in [0.5, 0.6) is 5.75 Å². The number of nitrogens with zero attached hydrogens (tertiary/aromatic N) is 1. The van der Waals surface area contributed by atoms with Crippen molar-refractivity contribution in [2.75, 3.05) is 0 Å². The van der Waals surface area contributed by atoms with Gasteiger partial charge in [-0.2, -0.15) is 0 Å². The Kier molecular flexibility index (Phi) is 11.5. The summed E-state index contributed by atoms with van der Waals surface area (Å²) >= 11 is 0. The number of carbonyl (C=O) groups is 4. The molecule has 5 N–H and O–H groups in total. The van der Waals surface area contributed by atoms with Gasteiger partial charge >= 0.3 is 6.09 Å². The van der Waals surface area contributed by atoms with Crippen molar-refractivity contribution in [2.24, 2.45) is 5.73 Å². The van der Waals surface area contributed by atoms with Gasteiger partial charge in [0, 0.05) is 24.6 Å². The quantitative estimate of drug-likeness (QED) is 0.313. The van der Waals surface area contributed by atoms with Crippen molar-refractivity contribution in [3.63, 3.8) is 0 Å². The molecule has 4 amide bonds. The highest BCUT2D eigenvalue weighted by Crippen LogP contribution is 2.34. The fourth-order valence-corrected chi connectivity index (χ4v) is 4.17. The Hall–Kier alpha value is -4.08. The minimum absolute atomic E-state index is 0.0987. The molecule has 40 heavy (non-hydrogen) atoms. The molecule has 2 aromatic rings. The first-order valence-corrected chi connectivity index (χ1v) is 13.4. The van der Waals surface area contributed by atoms with Crippen molar-refractivity contribution in [1.82, 2.24) is 15.5 Å². The van der Waals surface area contributed by atoms with Gasteiger partial charge in [-0.3, -0.25) is 14.4 Å². The molecular weight excluding hydrogens is 512 g/mol. The maximum Gasteiger partial charge on any atom is 0.408 e. The molecule has 3 atom stereocenters. The van der Waals surface area contributed by atoms with E-state index in [1.165, 1.54) is 4.90 Å². The largest absolute Gasteiger partial charge is 0.507 e. The first-order chi connectivity index (χ1) is 18.7. The molecule has 0 radical (unpaired) electrons. The second-order valence-electron chi connectivity index (χ2n) is 10.8. The van der Waals surface area contributed by atoms with Crippen LogP contribution < -0.4 is 16.4 Å². The van der Waals surface area contributed by atoms with E-state index >= 15 is 0 Å². The average molecular weight is 555 g/mol. The number of hydrogen-bond acceptors (Lipinski definition) is 6. The van der Waals surface area contributed by atoms with Crippen molar-refractivity contribution in [1.29, 1.82) is 0 Å². The molecule has 2 rings (SSSR count). The highest BCUT2D eigenvalue weighted by Gasteiger charge is 2.39. The summed E-state index contributed by atoms with van der Waals surface area (Å²) in [7, 11) is 0. The molecule has 0 fully saturated rings. The van der Waals surface area contributed by atoms with E-state index in [-0.39, 0.29) is 30.7 Å². The second-order valence-corrected chi connectivity index (χ2v) is 10.8. The molecule has 10 nitrogen and oxygen atoms in total. The highest BCUT2D eigenvalue weighted by atomic mass is 16.6. The van der Waals surface area contributed by atoms with E-state index < -0.39 is 47.5 Å². The third-order valence-corrected chi connectivity index (χ3v) is 6.39. The number of alkyl carbamates (subject to hydrolysis) is 1. The molecule has 10 heteroatoms. The summed E-state index contributed by atoms with van der Waals surface area (Å²) in [6.45, 7) is 10.6. The molecule has 0 aromatic heterocycles. The van der Waals surface area contributed by atoms with E-state index in [0.717, 1.165) is 5.56 Å². The number of primary amides is 1. The average Bonchev–Trinajstić information content (AvgIpc) is 2.88. The van der Waals surface area contributed by atoms with Crippen LogP contribution >= 0.6 is 0 Å². The summed E-state index contributed by atoms with van der Waals surface area (Å²) in [6.07, 6.45) is -0.655. The first kappa shape index (κ1) is 32.1. The van der Waals surface area contributed by atoms with Crippen molar-refractivity contribution < 1.29 is 29.0 Å². The molecule has 0 heterocycles. The Labute approximate surface area is 236 Å². The fraction of sp³-hybridized carbons (Fsp3) is 0.467. The topological polar surface area (TPSA) is 151 Å². The Morgan fingerprint density at radius 1 is 1.05 bits per heavy atom. The number of phenols is 1. The van der Waals surface area contributed by atoms with Crippen molar-refractivity contribution in [3.05, 3.63) is 65.2 Å². The summed E-state index contributed by atoms with van der Waals surface area (Å²) in [4.78, 5) is 53.7. The number of aryl methyl sites for hydroxylation is 1. The molecule has 0 bridgehead atoms. The van der Waals surface area contributed by atoms with E-state index in [4.69, 9.17) is 10.5 Å². The van der Waals surface area contributed by atoms with Crippen LogP contribution in [0.2, 0.25) is 0 Å². The number of phenolic OH excluding ortho intramolecular Hbond substituents is 1. The molecule has 0 saturated heterocycles. The van der Waals surface area contributed by atoms with Gasteiger partial charge in [-0.15, -0.1) is 0 Å². The van der Waals surface area contributed by atoms with E-state index in [9.17, 15) is 24.3 Å². The summed E-state index contributed by atoms with van der Waals surface area (Å²) in [5.41, 5.74) is 6.16. The number of rotatable bonds is 12. The smallest absolute Gasteiger partial charge is 0.408 e. The number of amides is 4. The van der Waals surface area contributed by atoms with Gasteiger partial charge < -0.3 is 31.1 Å². The number of hydrogen-bond donors (Lipinski definition) is 4. The maximum atomic E-state index is 14.2. The lowest BCUT2D eigenvalue weighted by Crippen LogP contribution is -2.55. The molecular formula is C30H42N4O6. The van der Waals surface area contributed by atoms with Gasteiger partial charge in [-0.1, -0.05) is 55.5 Å². The van der Waals surface area contributed by atoms with Gasteiger partial charge in [-0.05, 0) is 58.6 Å². The lowest BCUT2D eigenvalue weighted by atomic mass is 9.96. The third-order valence-electron chi connectivity index (χ3n) is 6.39. The molecule has 0 aliphatic heterocycles. The van der Waals surface area contributed by atoms with E-state index in [0.29, 0.717) is 12.0 Å². The summed E-state index contributed by atoms with van der Waals surface area (Å²) in [6, 6.07) is 11.4. The van der Waals surface area contributed by atoms with Crippen molar-refractivity contribution in [3.8, 4) is 5.75 Å². The zero-order valence-electron chi connectivity index (χ0n) is 24.2. The van der Waals surface area contributed by atoms with Crippen LogP contribution in [-0.4, -0.2) is 51.5 Å². The number of ether oxygens (including phenoxy) is 1. The first-order valence-electron chi connectivity index (χ1n) is 13.4. The van der Waals surface area contributed by atoms with Gasteiger partial charge in [0.25, 0.3) is 0 Å². The Balaban J connectivity index is 2.56. The predicted octanol–water partition coefficient (Wildman–Crippen LogP) is 3.84. The van der Waals surface area contributed by atoms with Crippen LogP contribution in [0.15, 0.2) is 48.5 Å². The van der Waals surface area contributed by atoms with Crippen LogP contribution in [0.1, 0.15) is 76.6 Å². The monoisotopic (exact) mass is 554 g/mol. The minimum atomic E-state index is -1.23. The molecule has 3 unspecified atom stereocenters. The normalized spacial score (nSPS) is 13.4. The molecule has 0 spiro atoms. The Bertz CT molecular complexity index is 1180. The van der Waals surface area contributed by atoms with Crippen LogP contribution in [0.3, 0.4) is 0 Å². The maximum absolute atomic E-state index is 14.2. The number of carbonyl (C=O) groups excluding carboxylic acids is 4. The van der Waals surface area contributed by atoms with E-state index in [1.54, 1.807) is 52.8 Å².